The number of nitriles is 1. The molecule has 0 aromatic heterocycles. The Morgan fingerprint density at radius 1 is 1.09 bits per heavy atom. The maximum Gasteiger partial charge on any atom is 0.375 e. The molecule has 0 spiro atoms. The minimum Gasteiger partial charge on any atom is -0.493 e. The van der Waals surface area contributed by atoms with Crippen molar-refractivity contribution in [3.63, 3.8) is 0 Å². The molecule has 13 nitrogen and oxygen atoms in total. The number of nitrogens with zero attached hydrogens (tertiary/aromatic N) is 3. The maximum atomic E-state index is 13.0. The highest BCUT2D eigenvalue weighted by Crippen LogP contribution is 2.64. The standard InChI is InChI=1S/C33H35N3O10S/c1-14-7-17-8-18-19(9-34)36-20-10-42-33(39)21(38)11-47-32(24-23(20)31-29(44-13-45-31)15(2)28(24)46-16(3)37)26(36)25(35(18)4)22(17)30(27(14)41-6)43-12-40-5/h7,18-20,25-26,32H,8,10-13H2,1-6H3/t18-,19-,20-,25?,26+,32+/m0/s1. The van der Waals surface area contributed by atoms with Crippen molar-refractivity contribution in [3.8, 4) is 34.8 Å². The summed E-state index contributed by atoms with van der Waals surface area (Å²) in [4.78, 5) is 42.8. The van der Waals surface area contributed by atoms with Gasteiger partial charge in [-0.3, -0.25) is 19.4 Å². The molecule has 6 atom stereocenters. The van der Waals surface area contributed by atoms with Gasteiger partial charge < -0.3 is 33.2 Å². The van der Waals surface area contributed by atoms with Crippen LogP contribution in [0.4, 0.5) is 0 Å². The molecule has 1 unspecified atom stereocenters. The summed E-state index contributed by atoms with van der Waals surface area (Å²) in [5, 5.41) is 10.3. The number of cyclic esters (lactones) is 1. The van der Waals surface area contributed by atoms with Crippen molar-refractivity contribution in [2.45, 2.75) is 62.7 Å². The molecule has 0 amide bonds. The van der Waals surface area contributed by atoms with Gasteiger partial charge in [-0.05, 0) is 38.4 Å². The van der Waals surface area contributed by atoms with Gasteiger partial charge in [-0.25, -0.2) is 4.79 Å². The minimum atomic E-state index is -0.937. The summed E-state index contributed by atoms with van der Waals surface area (Å²) < 4.78 is 41.1. The van der Waals surface area contributed by atoms with Gasteiger partial charge in [0.05, 0.1) is 36.3 Å². The number of likely N-dealkylation sites (N-methyl/N-ethyl adjacent to an activating group) is 1. The molecule has 5 aliphatic rings. The van der Waals surface area contributed by atoms with Crippen LogP contribution in [0.1, 0.15) is 57.6 Å². The molecule has 0 aliphatic carbocycles. The van der Waals surface area contributed by atoms with Crippen molar-refractivity contribution in [1.82, 2.24) is 9.80 Å². The SMILES string of the molecule is COCOc1c(OC)c(C)cc2c1C1[C@@H]3[C@@H]4SCC(=O)C(=O)OC[C@@H](c5c6c(c(C)c(OC(C)=O)c54)OCO6)N3[C@@H](C#N)[C@H](C2)N1C. The smallest absolute Gasteiger partial charge is 0.375 e. The molecule has 2 aromatic carbocycles. The second-order valence-electron chi connectivity index (χ2n) is 12.3. The number of hydrogen-bond donors (Lipinski definition) is 0. The van der Waals surface area contributed by atoms with E-state index in [4.69, 9.17) is 33.2 Å². The fourth-order valence-electron chi connectivity index (χ4n) is 8.13. The molecule has 5 aliphatic heterocycles. The van der Waals surface area contributed by atoms with E-state index in [-0.39, 0.29) is 32.0 Å². The Morgan fingerprint density at radius 2 is 1.85 bits per heavy atom. The summed E-state index contributed by atoms with van der Waals surface area (Å²) in [6.45, 7) is 4.77. The number of ether oxygens (including phenoxy) is 7. The minimum absolute atomic E-state index is 0.0192. The van der Waals surface area contributed by atoms with Gasteiger partial charge in [-0.15, -0.1) is 11.8 Å². The molecule has 47 heavy (non-hydrogen) atoms. The lowest BCUT2D eigenvalue weighted by Gasteiger charge is -2.61. The quantitative estimate of drug-likeness (QED) is 0.200. The van der Waals surface area contributed by atoms with Crippen LogP contribution in [-0.2, 0) is 30.3 Å². The number of fused-ring (bicyclic) bond motifs is 9. The number of rotatable bonds is 5. The normalized spacial score (nSPS) is 27.6. The summed E-state index contributed by atoms with van der Waals surface area (Å²) in [6, 6.07) is 2.11. The van der Waals surface area contributed by atoms with E-state index in [1.807, 2.05) is 14.0 Å². The number of Topliss-reactive ketones (excluding diaryl/α,β-unsaturated/α-hetero) is 1. The third-order valence-electron chi connectivity index (χ3n) is 9.84. The molecule has 2 aromatic rings. The number of hydrogen-bond acceptors (Lipinski definition) is 14. The van der Waals surface area contributed by atoms with Gasteiger partial charge in [0.25, 0.3) is 0 Å². The van der Waals surface area contributed by atoms with Gasteiger partial charge >= 0.3 is 11.9 Å². The van der Waals surface area contributed by atoms with Crippen LogP contribution in [0.25, 0.3) is 0 Å². The molecule has 0 N–H and O–H groups in total. The van der Waals surface area contributed by atoms with Crippen LogP contribution >= 0.6 is 11.8 Å². The lowest BCUT2D eigenvalue weighted by molar-refractivity contribution is -0.157. The number of ketones is 1. The summed E-state index contributed by atoms with van der Waals surface area (Å²) in [5.74, 6) is -0.0336. The Balaban J connectivity index is 1.56. The highest BCUT2D eigenvalue weighted by molar-refractivity contribution is 8.00. The number of benzene rings is 2. The number of carbonyl (C=O) groups excluding carboxylic acids is 3. The van der Waals surface area contributed by atoms with E-state index < -0.39 is 47.1 Å². The lowest BCUT2D eigenvalue weighted by Crippen LogP contribution is -2.69. The van der Waals surface area contributed by atoms with Crippen molar-refractivity contribution >= 4 is 29.5 Å². The molecule has 4 bridgehead atoms. The van der Waals surface area contributed by atoms with Crippen LogP contribution in [0.5, 0.6) is 28.7 Å². The Bertz CT molecular complexity index is 1740. The number of aryl methyl sites for hydroxylation is 1. The van der Waals surface area contributed by atoms with Gasteiger partial charge in [0.2, 0.25) is 12.6 Å². The first-order valence-electron chi connectivity index (χ1n) is 15.3. The summed E-state index contributed by atoms with van der Waals surface area (Å²) in [7, 11) is 5.14. The third-order valence-corrected chi connectivity index (χ3v) is 11.1. The van der Waals surface area contributed by atoms with Crippen LogP contribution in [-0.4, -0.2) is 92.9 Å². The summed E-state index contributed by atoms with van der Waals surface area (Å²) in [5.41, 5.74) is 4.64. The van der Waals surface area contributed by atoms with Gasteiger partial charge in [-0.2, -0.15) is 5.26 Å². The van der Waals surface area contributed by atoms with E-state index in [9.17, 15) is 19.6 Å². The highest BCUT2D eigenvalue weighted by atomic mass is 32.2. The van der Waals surface area contributed by atoms with Crippen LogP contribution in [0.15, 0.2) is 6.07 Å². The molecule has 7 rings (SSSR count). The number of piperazine rings is 1. The van der Waals surface area contributed by atoms with E-state index in [1.165, 1.54) is 18.7 Å². The van der Waals surface area contributed by atoms with Crippen molar-refractivity contribution in [3.05, 3.63) is 39.4 Å². The first-order chi connectivity index (χ1) is 22.6. The molecule has 2 fully saturated rings. The topological polar surface area (TPSA) is 146 Å². The molecular weight excluding hydrogens is 630 g/mol. The number of methoxy groups -OCH3 is 2. The Hall–Kier alpha value is -4.03. The van der Waals surface area contributed by atoms with Gasteiger partial charge in [0.15, 0.2) is 29.8 Å². The zero-order valence-electron chi connectivity index (χ0n) is 26.9. The molecular formula is C33H35N3O10S. The van der Waals surface area contributed by atoms with E-state index in [1.54, 1.807) is 21.1 Å². The van der Waals surface area contributed by atoms with Gasteiger partial charge in [-0.1, -0.05) is 6.07 Å². The number of esters is 2. The van der Waals surface area contributed by atoms with Crippen molar-refractivity contribution in [1.29, 1.82) is 5.26 Å². The highest BCUT2D eigenvalue weighted by Gasteiger charge is 2.60. The van der Waals surface area contributed by atoms with Crippen LogP contribution < -0.4 is 23.7 Å². The average molecular weight is 666 g/mol. The molecule has 14 heteroatoms. The van der Waals surface area contributed by atoms with E-state index in [2.05, 4.69) is 21.9 Å². The van der Waals surface area contributed by atoms with Crippen molar-refractivity contribution < 1.29 is 47.5 Å². The molecule has 2 saturated heterocycles. The Kier molecular flexibility index (Phi) is 7.99. The molecule has 0 radical (unpaired) electrons. The van der Waals surface area contributed by atoms with Crippen molar-refractivity contribution in [2.24, 2.45) is 0 Å². The number of thioether (sulfide) groups is 1. The molecule has 248 valence electrons. The average Bonchev–Trinajstić information content (AvgIpc) is 3.53. The fourth-order valence-corrected chi connectivity index (χ4v) is 9.47. The van der Waals surface area contributed by atoms with Crippen LogP contribution in [0.2, 0.25) is 0 Å². The van der Waals surface area contributed by atoms with Crippen LogP contribution in [0.3, 0.4) is 0 Å². The second kappa shape index (κ2) is 11.9. The summed E-state index contributed by atoms with van der Waals surface area (Å²) in [6.07, 6.45) is 0.540. The third kappa shape index (κ3) is 4.66. The zero-order chi connectivity index (χ0) is 33.3. The molecule has 5 heterocycles. The second-order valence-corrected chi connectivity index (χ2v) is 13.4. The Labute approximate surface area is 275 Å². The van der Waals surface area contributed by atoms with Gasteiger partial charge in [0, 0.05) is 48.4 Å². The van der Waals surface area contributed by atoms with Gasteiger partial charge in [0.1, 0.15) is 18.4 Å². The Morgan fingerprint density at radius 3 is 2.55 bits per heavy atom. The number of carbonyl (C=O) groups is 3. The maximum absolute atomic E-state index is 13.0. The predicted molar refractivity (Wildman–Crippen MR) is 166 cm³/mol. The summed E-state index contributed by atoms with van der Waals surface area (Å²) >= 11 is 1.25. The van der Waals surface area contributed by atoms with Crippen molar-refractivity contribution in [2.75, 3.05) is 47.2 Å². The lowest BCUT2D eigenvalue weighted by atomic mass is 9.71. The zero-order valence-corrected chi connectivity index (χ0v) is 27.7. The van der Waals surface area contributed by atoms with E-state index in [0.29, 0.717) is 51.9 Å². The first kappa shape index (κ1) is 31.6. The largest absolute Gasteiger partial charge is 0.493 e. The molecule has 0 saturated carbocycles. The monoisotopic (exact) mass is 665 g/mol. The predicted octanol–water partition coefficient (Wildman–Crippen LogP) is 3.08. The fraction of sp³-hybridized carbons (Fsp3) is 0.515. The van der Waals surface area contributed by atoms with E-state index in [0.717, 1.165) is 16.7 Å². The first-order valence-corrected chi connectivity index (χ1v) is 16.3. The van der Waals surface area contributed by atoms with E-state index >= 15 is 0 Å². The van der Waals surface area contributed by atoms with Crippen LogP contribution in [0, 0.1) is 25.2 Å².